The zero-order chi connectivity index (χ0) is 23.3. The van der Waals surface area contributed by atoms with E-state index in [1.165, 1.54) is 18.9 Å². The van der Waals surface area contributed by atoms with Crippen molar-refractivity contribution in [3.8, 4) is 11.5 Å². The quantitative estimate of drug-likeness (QED) is 0.428. The van der Waals surface area contributed by atoms with Gasteiger partial charge in [0.15, 0.2) is 11.0 Å². The average Bonchev–Trinajstić information content (AvgIpc) is 3.10. The van der Waals surface area contributed by atoms with E-state index in [2.05, 4.69) is 41.5 Å². The van der Waals surface area contributed by atoms with Crippen molar-refractivity contribution in [2.24, 2.45) is 7.05 Å². The number of rotatable bonds is 9. The fourth-order valence-electron chi connectivity index (χ4n) is 3.08. The molecule has 32 heavy (non-hydrogen) atoms. The summed E-state index contributed by atoms with van der Waals surface area (Å²) in [6.07, 6.45) is 0. The number of ether oxygens (including phenoxy) is 2. The summed E-state index contributed by atoms with van der Waals surface area (Å²) in [5.74, 6) is 2.40. The van der Waals surface area contributed by atoms with Crippen molar-refractivity contribution in [3.05, 3.63) is 58.4 Å². The molecule has 0 spiro atoms. The van der Waals surface area contributed by atoms with Gasteiger partial charge in [0.25, 0.3) is 0 Å². The number of hydrogen-bond donors (Lipinski definition) is 1. The summed E-state index contributed by atoms with van der Waals surface area (Å²) in [5.41, 5.74) is 2.82. The second-order valence-corrected chi connectivity index (χ2v) is 9.00. The lowest BCUT2D eigenvalue weighted by Gasteiger charge is -2.14. The van der Waals surface area contributed by atoms with E-state index >= 15 is 0 Å². The van der Waals surface area contributed by atoms with Crippen LogP contribution in [0, 0.1) is 6.92 Å². The van der Waals surface area contributed by atoms with Crippen molar-refractivity contribution in [1.82, 2.24) is 14.8 Å². The predicted octanol–water partition coefficient (Wildman–Crippen LogP) is 5.22. The summed E-state index contributed by atoms with van der Waals surface area (Å²) in [6, 6.07) is 11.3. The fourth-order valence-corrected chi connectivity index (χ4v) is 3.98. The number of anilines is 1. The van der Waals surface area contributed by atoms with Gasteiger partial charge in [-0.25, -0.2) is 0 Å². The molecule has 0 fully saturated rings. The highest BCUT2D eigenvalue weighted by atomic mass is 35.5. The zero-order valence-electron chi connectivity index (χ0n) is 18.8. The molecule has 0 atom stereocenters. The maximum absolute atomic E-state index is 12.4. The number of thioether (sulfide) groups is 1. The number of halogens is 1. The summed E-state index contributed by atoms with van der Waals surface area (Å²) in [5, 5.41) is 12.4. The van der Waals surface area contributed by atoms with E-state index < -0.39 is 0 Å². The summed E-state index contributed by atoms with van der Waals surface area (Å²) in [7, 11) is 3.40. The first-order chi connectivity index (χ1) is 15.3. The number of carbonyl (C=O) groups is 1. The van der Waals surface area contributed by atoms with Gasteiger partial charge in [0.2, 0.25) is 5.91 Å². The van der Waals surface area contributed by atoms with Crippen molar-refractivity contribution in [2.75, 3.05) is 18.2 Å². The molecule has 0 aliphatic rings. The number of nitrogens with one attached hydrogen (secondary N) is 1. The summed E-state index contributed by atoms with van der Waals surface area (Å²) in [4.78, 5) is 12.4. The van der Waals surface area contributed by atoms with Crippen LogP contribution in [0.25, 0.3) is 0 Å². The molecule has 0 saturated heterocycles. The molecule has 170 valence electrons. The van der Waals surface area contributed by atoms with E-state index in [1.54, 1.807) is 18.2 Å². The standard InChI is InChI=1S/C23H27ClN4O3S/c1-14(2)17-8-6-15(3)10-20(17)31-12-21-26-27-23(28(21)4)32-13-22(29)25-18-11-16(24)7-9-19(18)30-5/h6-11,14H,12-13H2,1-5H3,(H,25,29). The first kappa shape index (κ1) is 23.9. The number of benzene rings is 2. The third kappa shape index (κ3) is 5.95. The van der Waals surface area contributed by atoms with Gasteiger partial charge in [-0.15, -0.1) is 10.2 Å². The summed E-state index contributed by atoms with van der Waals surface area (Å²) in [6.45, 7) is 6.61. The minimum absolute atomic E-state index is 0.165. The van der Waals surface area contributed by atoms with Gasteiger partial charge in [0, 0.05) is 12.1 Å². The van der Waals surface area contributed by atoms with E-state index in [4.69, 9.17) is 21.1 Å². The molecule has 0 aliphatic carbocycles. The SMILES string of the molecule is COc1ccc(Cl)cc1NC(=O)CSc1nnc(COc2cc(C)ccc2C(C)C)n1C. The Morgan fingerprint density at radius 3 is 2.69 bits per heavy atom. The van der Waals surface area contributed by atoms with Crippen LogP contribution in [0.1, 0.15) is 36.7 Å². The maximum Gasteiger partial charge on any atom is 0.234 e. The predicted molar refractivity (Wildman–Crippen MR) is 128 cm³/mol. The van der Waals surface area contributed by atoms with Crippen LogP contribution in [0.5, 0.6) is 11.5 Å². The van der Waals surface area contributed by atoms with Gasteiger partial charge in [-0.3, -0.25) is 4.79 Å². The third-order valence-electron chi connectivity index (χ3n) is 4.84. The zero-order valence-corrected chi connectivity index (χ0v) is 20.4. The van der Waals surface area contributed by atoms with E-state index in [-0.39, 0.29) is 11.7 Å². The number of methoxy groups -OCH3 is 1. The lowest BCUT2D eigenvalue weighted by atomic mass is 10.0. The number of hydrogen-bond acceptors (Lipinski definition) is 6. The fraction of sp³-hybridized carbons (Fsp3) is 0.348. The van der Waals surface area contributed by atoms with Crippen LogP contribution in [0.3, 0.4) is 0 Å². The Morgan fingerprint density at radius 1 is 1.19 bits per heavy atom. The van der Waals surface area contributed by atoms with Crippen LogP contribution in [0.15, 0.2) is 41.6 Å². The molecule has 3 aromatic rings. The van der Waals surface area contributed by atoms with Crippen LogP contribution >= 0.6 is 23.4 Å². The van der Waals surface area contributed by atoms with Crippen molar-refractivity contribution < 1.29 is 14.3 Å². The highest BCUT2D eigenvalue weighted by molar-refractivity contribution is 7.99. The Morgan fingerprint density at radius 2 is 1.97 bits per heavy atom. The van der Waals surface area contributed by atoms with Crippen LogP contribution in [0.2, 0.25) is 5.02 Å². The van der Waals surface area contributed by atoms with Crippen LogP contribution in [-0.4, -0.2) is 33.5 Å². The van der Waals surface area contributed by atoms with Crippen molar-refractivity contribution in [2.45, 2.75) is 38.5 Å². The van der Waals surface area contributed by atoms with Crippen LogP contribution in [-0.2, 0) is 18.4 Å². The molecule has 1 aromatic heterocycles. The Kier molecular flexibility index (Phi) is 8.04. The minimum Gasteiger partial charge on any atom is -0.495 e. The van der Waals surface area contributed by atoms with Crippen LogP contribution in [0.4, 0.5) is 5.69 Å². The molecule has 3 rings (SSSR count). The van der Waals surface area contributed by atoms with E-state index in [9.17, 15) is 4.79 Å². The lowest BCUT2D eigenvalue weighted by Crippen LogP contribution is -2.15. The molecule has 7 nitrogen and oxygen atoms in total. The van der Waals surface area contributed by atoms with Gasteiger partial charge >= 0.3 is 0 Å². The average molecular weight is 475 g/mol. The first-order valence-electron chi connectivity index (χ1n) is 10.2. The molecule has 0 bridgehead atoms. The normalized spacial score (nSPS) is 11.0. The molecule has 1 amide bonds. The number of aromatic nitrogens is 3. The number of carbonyl (C=O) groups excluding carboxylic acids is 1. The Labute approximate surface area is 197 Å². The van der Waals surface area contributed by atoms with E-state index in [0.717, 1.165) is 16.9 Å². The first-order valence-corrected chi connectivity index (χ1v) is 11.5. The van der Waals surface area contributed by atoms with Gasteiger partial charge in [0.05, 0.1) is 18.6 Å². The second kappa shape index (κ2) is 10.7. The third-order valence-corrected chi connectivity index (χ3v) is 6.10. The van der Waals surface area contributed by atoms with Gasteiger partial charge in [-0.05, 0) is 48.2 Å². The molecule has 1 N–H and O–H groups in total. The number of nitrogens with zero attached hydrogens (tertiary/aromatic N) is 3. The molecule has 0 unspecified atom stereocenters. The van der Waals surface area contributed by atoms with Crippen LogP contribution < -0.4 is 14.8 Å². The summed E-state index contributed by atoms with van der Waals surface area (Å²) >= 11 is 7.31. The molecule has 0 radical (unpaired) electrons. The largest absolute Gasteiger partial charge is 0.495 e. The number of aryl methyl sites for hydroxylation is 1. The van der Waals surface area contributed by atoms with Crippen molar-refractivity contribution in [1.29, 1.82) is 0 Å². The Bertz CT molecular complexity index is 1100. The Balaban J connectivity index is 1.60. The molecule has 1 heterocycles. The van der Waals surface area contributed by atoms with E-state index in [1.807, 2.05) is 24.6 Å². The lowest BCUT2D eigenvalue weighted by molar-refractivity contribution is -0.113. The molecule has 9 heteroatoms. The van der Waals surface area contributed by atoms with Crippen molar-refractivity contribution >= 4 is 35.0 Å². The minimum atomic E-state index is -0.197. The van der Waals surface area contributed by atoms with E-state index in [0.29, 0.717) is 40.0 Å². The smallest absolute Gasteiger partial charge is 0.234 e. The second-order valence-electron chi connectivity index (χ2n) is 7.62. The number of amides is 1. The molecule has 2 aromatic carbocycles. The highest BCUT2D eigenvalue weighted by Gasteiger charge is 2.15. The van der Waals surface area contributed by atoms with Crippen molar-refractivity contribution in [3.63, 3.8) is 0 Å². The van der Waals surface area contributed by atoms with Gasteiger partial charge in [-0.1, -0.05) is 49.3 Å². The highest BCUT2D eigenvalue weighted by Crippen LogP contribution is 2.29. The topological polar surface area (TPSA) is 78.3 Å². The Hall–Kier alpha value is -2.71. The molecular weight excluding hydrogens is 448 g/mol. The monoisotopic (exact) mass is 474 g/mol. The van der Waals surface area contributed by atoms with Gasteiger partial charge < -0.3 is 19.4 Å². The van der Waals surface area contributed by atoms with Gasteiger partial charge in [0.1, 0.15) is 18.1 Å². The maximum atomic E-state index is 12.4. The summed E-state index contributed by atoms with van der Waals surface area (Å²) < 4.78 is 13.2. The van der Waals surface area contributed by atoms with Gasteiger partial charge in [-0.2, -0.15) is 0 Å². The molecule has 0 saturated carbocycles. The molecular formula is C23H27ClN4O3S. The molecule has 0 aliphatic heterocycles.